The Balaban J connectivity index is 1.96. The minimum atomic E-state index is 0.816. The van der Waals surface area contributed by atoms with Gasteiger partial charge in [-0.15, -0.1) is 0 Å². The molecular weight excluding hydrogens is 176 g/mol. The Bertz CT molecular complexity index is 151. The van der Waals surface area contributed by atoms with E-state index in [2.05, 4.69) is 6.92 Å². The van der Waals surface area contributed by atoms with Crippen molar-refractivity contribution in [2.75, 3.05) is 0 Å². The van der Waals surface area contributed by atoms with E-state index in [1.54, 1.807) is 0 Å². The molecule has 1 heteroatoms. The van der Waals surface area contributed by atoms with Gasteiger partial charge in [0.25, 0.3) is 0 Å². The average Bonchev–Trinajstić information content (AvgIpc) is 2.52. The molecule has 0 amide bonds. The molecule has 0 aliphatic heterocycles. The van der Waals surface area contributed by atoms with E-state index in [0.29, 0.717) is 0 Å². The third-order valence-corrected chi connectivity index (χ3v) is 3.62. The van der Waals surface area contributed by atoms with Crippen LogP contribution in [0.15, 0.2) is 0 Å². The monoisotopic (exact) mass is 198 g/mol. The van der Waals surface area contributed by atoms with E-state index in [-0.39, 0.29) is 0 Å². The van der Waals surface area contributed by atoms with Crippen LogP contribution in [0.3, 0.4) is 0 Å². The van der Waals surface area contributed by atoms with Gasteiger partial charge in [-0.05, 0) is 36.5 Å². The topological polar surface area (TPSA) is 0 Å². The number of unbranched alkanes of at least 4 members (excludes halogenated alkanes) is 4. The fourth-order valence-electron chi connectivity index (χ4n) is 2.19. The summed E-state index contributed by atoms with van der Waals surface area (Å²) >= 11 is 5.34. The van der Waals surface area contributed by atoms with Crippen LogP contribution >= 0.6 is 12.2 Å². The molecule has 1 fully saturated rings. The summed E-state index contributed by atoms with van der Waals surface area (Å²) in [7, 11) is 0. The molecule has 0 nitrogen and oxygen atoms in total. The van der Waals surface area contributed by atoms with E-state index in [4.69, 9.17) is 12.2 Å². The van der Waals surface area contributed by atoms with Crippen molar-refractivity contribution in [3.8, 4) is 0 Å². The molecule has 1 aliphatic rings. The molecule has 0 heterocycles. The lowest BCUT2D eigenvalue weighted by Crippen LogP contribution is -2.03. The summed E-state index contributed by atoms with van der Waals surface area (Å²) < 4.78 is 0. The lowest BCUT2D eigenvalue weighted by Gasteiger charge is -2.08. The number of rotatable bonds is 6. The lowest BCUT2D eigenvalue weighted by molar-refractivity contribution is 0.539. The van der Waals surface area contributed by atoms with Crippen LogP contribution in [0.25, 0.3) is 0 Å². The molecule has 0 N–H and O–H groups in total. The van der Waals surface area contributed by atoms with Crippen molar-refractivity contribution in [3.05, 3.63) is 0 Å². The maximum absolute atomic E-state index is 5.34. The van der Waals surface area contributed by atoms with Crippen LogP contribution in [0, 0.1) is 5.92 Å². The van der Waals surface area contributed by atoms with Crippen molar-refractivity contribution >= 4 is 17.1 Å². The van der Waals surface area contributed by atoms with Crippen molar-refractivity contribution in [2.24, 2.45) is 5.92 Å². The Morgan fingerprint density at radius 2 is 2.00 bits per heavy atom. The van der Waals surface area contributed by atoms with Crippen molar-refractivity contribution < 1.29 is 0 Å². The first-order valence-corrected chi connectivity index (χ1v) is 6.28. The van der Waals surface area contributed by atoms with Crippen LogP contribution < -0.4 is 0 Å². The van der Waals surface area contributed by atoms with Crippen LogP contribution in [0.4, 0.5) is 0 Å². The fraction of sp³-hybridized carbons (Fsp3) is 0.917. The summed E-state index contributed by atoms with van der Waals surface area (Å²) in [6.45, 7) is 2.27. The van der Waals surface area contributed by atoms with Gasteiger partial charge in [0.15, 0.2) is 0 Å². The SMILES string of the molecule is CCCCCCCC1CCCC1=S. The van der Waals surface area contributed by atoms with E-state index in [0.717, 1.165) is 5.92 Å². The highest BCUT2D eigenvalue weighted by Gasteiger charge is 2.19. The number of hydrogen-bond donors (Lipinski definition) is 0. The van der Waals surface area contributed by atoms with Gasteiger partial charge in [-0.1, -0.05) is 51.2 Å². The number of hydrogen-bond acceptors (Lipinski definition) is 1. The molecular formula is C12H22S. The first-order valence-electron chi connectivity index (χ1n) is 5.87. The first-order chi connectivity index (χ1) is 6.34. The van der Waals surface area contributed by atoms with Crippen LogP contribution in [0.2, 0.25) is 0 Å². The van der Waals surface area contributed by atoms with Gasteiger partial charge in [0.2, 0.25) is 0 Å². The van der Waals surface area contributed by atoms with Crippen LogP contribution in [0.1, 0.15) is 64.7 Å². The van der Waals surface area contributed by atoms with Gasteiger partial charge in [0.1, 0.15) is 0 Å². The number of thiocarbonyl (C=S) groups is 1. The van der Waals surface area contributed by atoms with Gasteiger partial charge in [0, 0.05) is 0 Å². The third-order valence-electron chi connectivity index (χ3n) is 3.09. The zero-order valence-corrected chi connectivity index (χ0v) is 9.67. The summed E-state index contributed by atoms with van der Waals surface area (Å²) in [5.74, 6) is 0.816. The van der Waals surface area contributed by atoms with E-state index in [1.807, 2.05) is 0 Å². The smallest absolute Gasteiger partial charge is 0.00406 e. The highest BCUT2D eigenvalue weighted by atomic mass is 32.1. The predicted molar refractivity (Wildman–Crippen MR) is 63.3 cm³/mol. The van der Waals surface area contributed by atoms with Crippen LogP contribution in [-0.2, 0) is 0 Å². The zero-order valence-electron chi connectivity index (χ0n) is 8.85. The standard InChI is InChI=1S/C12H22S/c1-2-3-4-5-6-8-11-9-7-10-12(11)13/h11H,2-10H2,1H3. The van der Waals surface area contributed by atoms with Crippen molar-refractivity contribution in [3.63, 3.8) is 0 Å². The molecule has 1 rings (SSSR count). The second-order valence-corrected chi connectivity index (χ2v) is 4.78. The Morgan fingerprint density at radius 1 is 1.23 bits per heavy atom. The van der Waals surface area contributed by atoms with E-state index in [9.17, 15) is 0 Å². The fourth-order valence-corrected chi connectivity index (χ4v) is 2.57. The maximum Gasteiger partial charge on any atom is -0.00406 e. The predicted octanol–water partition coefficient (Wildman–Crippen LogP) is 4.52. The summed E-state index contributed by atoms with van der Waals surface area (Å²) in [5, 5.41) is 0. The molecule has 1 aliphatic carbocycles. The van der Waals surface area contributed by atoms with E-state index in [1.165, 1.54) is 62.7 Å². The zero-order chi connectivity index (χ0) is 9.52. The van der Waals surface area contributed by atoms with Gasteiger partial charge in [-0.25, -0.2) is 0 Å². The second kappa shape index (κ2) is 6.53. The maximum atomic E-state index is 5.34. The molecule has 0 radical (unpaired) electrons. The first kappa shape index (κ1) is 11.2. The quantitative estimate of drug-likeness (QED) is 0.447. The molecule has 0 bridgehead atoms. The summed E-state index contributed by atoms with van der Waals surface area (Å²) in [6, 6.07) is 0. The van der Waals surface area contributed by atoms with Gasteiger partial charge in [0.05, 0.1) is 0 Å². The molecule has 76 valence electrons. The summed E-state index contributed by atoms with van der Waals surface area (Å²) in [4.78, 5) is 1.37. The van der Waals surface area contributed by atoms with Crippen molar-refractivity contribution in [2.45, 2.75) is 64.7 Å². The Hall–Kier alpha value is 0.0900. The normalized spacial score (nSPS) is 22.5. The van der Waals surface area contributed by atoms with Crippen LogP contribution in [0.5, 0.6) is 0 Å². The summed E-state index contributed by atoms with van der Waals surface area (Å²) in [5.41, 5.74) is 0. The van der Waals surface area contributed by atoms with Gasteiger partial charge in [-0.2, -0.15) is 0 Å². The Labute approximate surface area is 88.1 Å². The molecule has 0 saturated heterocycles. The largest absolute Gasteiger partial charge is 0.0894 e. The molecule has 0 spiro atoms. The Kier molecular flexibility index (Phi) is 5.61. The minimum absolute atomic E-state index is 0.816. The van der Waals surface area contributed by atoms with Crippen molar-refractivity contribution in [1.29, 1.82) is 0 Å². The van der Waals surface area contributed by atoms with Gasteiger partial charge < -0.3 is 0 Å². The van der Waals surface area contributed by atoms with Crippen molar-refractivity contribution in [1.82, 2.24) is 0 Å². The van der Waals surface area contributed by atoms with E-state index < -0.39 is 0 Å². The van der Waals surface area contributed by atoms with Crippen LogP contribution in [-0.4, -0.2) is 4.86 Å². The minimum Gasteiger partial charge on any atom is -0.0894 e. The van der Waals surface area contributed by atoms with E-state index >= 15 is 0 Å². The van der Waals surface area contributed by atoms with Gasteiger partial charge >= 0.3 is 0 Å². The molecule has 0 aromatic carbocycles. The third kappa shape index (κ3) is 4.21. The Morgan fingerprint density at radius 3 is 2.62 bits per heavy atom. The molecule has 0 aromatic rings. The molecule has 13 heavy (non-hydrogen) atoms. The second-order valence-electron chi connectivity index (χ2n) is 4.26. The molecule has 0 aromatic heterocycles. The molecule has 1 unspecified atom stereocenters. The highest BCUT2D eigenvalue weighted by Crippen LogP contribution is 2.27. The average molecular weight is 198 g/mol. The van der Waals surface area contributed by atoms with Gasteiger partial charge in [-0.3, -0.25) is 0 Å². The molecule has 1 saturated carbocycles. The lowest BCUT2D eigenvalue weighted by atomic mass is 9.99. The molecule has 1 atom stereocenters. The summed E-state index contributed by atoms with van der Waals surface area (Å²) in [6.07, 6.45) is 12.4. The highest BCUT2D eigenvalue weighted by molar-refractivity contribution is 7.80.